The van der Waals surface area contributed by atoms with Crippen molar-refractivity contribution in [1.29, 1.82) is 0 Å². The molecule has 1 atom stereocenters. The molecule has 4 rings (SSSR count). The molecule has 0 bridgehead atoms. The van der Waals surface area contributed by atoms with E-state index in [9.17, 15) is 4.79 Å². The van der Waals surface area contributed by atoms with E-state index in [1.165, 1.54) is 11.1 Å². The molecule has 5 nitrogen and oxygen atoms in total. The van der Waals surface area contributed by atoms with Gasteiger partial charge in [-0.3, -0.25) is 4.79 Å². The molecular weight excluding hydrogens is 348 g/mol. The Morgan fingerprint density at radius 3 is 2.11 bits per heavy atom. The Kier molecular flexibility index (Phi) is 5.15. The molecule has 5 heteroatoms. The maximum atomic E-state index is 12.7. The summed E-state index contributed by atoms with van der Waals surface area (Å²) in [7, 11) is 0. The first-order valence-corrected chi connectivity index (χ1v) is 9.40. The van der Waals surface area contributed by atoms with Crippen LogP contribution in [0.3, 0.4) is 0 Å². The van der Waals surface area contributed by atoms with E-state index in [1.54, 1.807) is 4.68 Å². The number of nitrogens with zero attached hydrogens (tertiary/aromatic N) is 3. The van der Waals surface area contributed by atoms with Gasteiger partial charge in [-0.15, -0.1) is 5.10 Å². The van der Waals surface area contributed by atoms with Crippen LogP contribution in [0.25, 0.3) is 11.0 Å². The molecule has 0 aliphatic rings. The summed E-state index contributed by atoms with van der Waals surface area (Å²) in [6.07, 6.45) is 0. The van der Waals surface area contributed by atoms with Gasteiger partial charge in [-0.1, -0.05) is 78.0 Å². The van der Waals surface area contributed by atoms with E-state index >= 15 is 0 Å². The van der Waals surface area contributed by atoms with Gasteiger partial charge in [0.05, 0.1) is 5.52 Å². The summed E-state index contributed by atoms with van der Waals surface area (Å²) in [4.78, 5) is 12.7. The third-order valence-corrected chi connectivity index (χ3v) is 4.92. The molecule has 28 heavy (non-hydrogen) atoms. The molecule has 1 unspecified atom stereocenters. The van der Waals surface area contributed by atoms with Crippen LogP contribution in [0.5, 0.6) is 0 Å². The summed E-state index contributed by atoms with van der Waals surface area (Å²) < 4.78 is 1.64. The largest absolute Gasteiger partial charge is 0.351 e. The van der Waals surface area contributed by atoms with Crippen LogP contribution in [-0.2, 0) is 11.3 Å². The lowest BCUT2D eigenvalue weighted by atomic mass is 9.86. The zero-order valence-corrected chi connectivity index (χ0v) is 15.7. The van der Waals surface area contributed by atoms with Crippen molar-refractivity contribution in [3.63, 3.8) is 0 Å². The highest BCUT2D eigenvalue weighted by Crippen LogP contribution is 2.28. The average molecular weight is 370 g/mol. The minimum absolute atomic E-state index is 0.0684. The van der Waals surface area contributed by atoms with Crippen molar-refractivity contribution in [2.45, 2.75) is 25.4 Å². The number of amides is 1. The predicted molar refractivity (Wildman–Crippen MR) is 110 cm³/mol. The molecule has 0 radical (unpaired) electrons. The van der Waals surface area contributed by atoms with Gasteiger partial charge in [0.2, 0.25) is 5.91 Å². The van der Waals surface area contributed by atoms with Gasteiger partial charge in [0.15, 0.2) is 0 Å². The first-order chi connectivity index (χ1) is 13.7. The highest BCUT2D eigenvalue weighted by molar-refractivity contribution is 5.80. The van der Waals surface area contributed by atoms with Gasteiger partial charge in [0, 0.05) is 12.0 Å². The summed E-state index contributed by atoms with van der Waals surface area (Å²) in [5.74, 6) is -0.0149. The second-order valence-corrected chi connectivity index (χ2v) is 6.89. The van der Waals surface area contributed by atoms with Crippen LogP contribution < -0.4 is 5.32 Å². The lowest BCUT2D eigenvalue weighted by molar-refractivity contribution is -0.122. The third-order valence-electron chi connectivity index (χ3n) is 4.92. The number of carbonyl (C=O) groups excluding carboxylic acids is 1. The minimum Gasteiger partial charge on any atom is -0.351 e. The highest BCUT2D eigenvalue weighted by atomic mass is 16.2. The molecule has 0 saturated carbocycles. The molecule has 0 spiro atoms. The van der Waals surface area contributed by atoms with Crippen molar-refractivity contribution in [3.05, 3.63) is 96.1 Å². The molecule has 140 valence electrons. The van der Waals surface area contributed by atoms with Crippen LogP contribution in [0.15, 0.2) is 84.9 Å². The van der Waals surface area contributed by atoms with Crippen LogP contribution in [0, 0.1) is 0 Å². The summed E-state index contributed by atoms with van der Waals surface area (Å²) in [6, 6.07) is 28.1. The Hall–Kier alpha value is -3.47. The van der Waals surface area contributed by atoms with Gasteiger partial charge in [-0.2, -0.15) is 0 Å². The molecule has 1 N–H and O–H groups in total. The first kappa shape index (κ1) is 17.9. The molecule has 0 fully saturated rings. The van der Waals surface area contributed by atoms with Crippen LogP contribution in [0.4, 0.5) is 0 Å². The van der Waals surface area contributed by atoms with Crippen LogP contribution >= 0.6 is 0 Å². The smallest absolute Gasteiger partial charge is 0.242 e. The van der Waals surface area contributed by atoms with E-state index in [2.05, 4.69) is 39.9 Å². The summed E-state index contributed by atoms with van der Waals surface area (Å²) in [5.41, 5.74) is 3.99. The van der Waals surface area contributed by atoms with E-state index in [-0.39, 0.29) is 24.4 Å². The molecule has 1 heterocycles. The lowest BCUT2D eigenvalue weighted by Gasteiger charge is -2.26. The Morgan fingerprint density at radius 2 is 1.46 bits per heavy atom. The highest BCUT2D eigenvalue weighted by Gasteiger charge is 2.23. The van der Waals surface area contributed by atoms with Crippen molar-refractivity contribution in [1.82, 2.24) is 20.3 Å². The fourth-order valence-corrected chi connectivity index (χ4v) is 3.64. The second-order valence-electron chi connectivity index (χ2n) is 6.89. The Balaban J connectivity index is 1.54. The molecule has 3 aromatic carbocycles. The van der Waals surface area contributed by atoms with Crippen molar-refractivity contribution < 1.29 is 4.79 Å². The fraction of sp³-hybridized carbons (Fsp3) is 0.174. The van der Waals surface area contributed by atoms with Gasteiger partial charge < -0.3 is 5.32 Å². The number of hydrogen-bond acceptors (Lipinski definition) is 3. The molecule has 0 aliphatic carbocycles. The minimum atomic E-state index is -0.0833. The average Bonchev–Trinajstić information content (AvgIpc) is 3.12. The zero-order chi connectivity index (χ0) is 19.3. The van der Waals surface area contributed by atoms with E-state index in [0.717, 1.165) is 11.0 Å². The Bertz CT molecular complexity index is 1020. The molecule has 4 aromatic rings. The Morgan fingerprint density at radius 1 is 0.893 bits per heavy atom. The van der Waals surface area contributed by atoms with Gasteiger partial charge >= 0.3 is 0 Å². The number of aromatic nitrogens is 3. The van der Waals surface area contributed by atoms with E-state index in [1.807, 2.05) is 67.6 Å². The quantitative estimate of drug-likeness (QED) is 0.562. The van der Waals surface area contributed by atoms with Crippen molar-refractivity contribution >= 4 is 16.9 Å². The van der Waals surface area contributed by atoms with Gasteiger partial charge in [0.1, 0.15) is 12.1 Å². The normalized spacial score (nSPS) is 12.2. The summed E-state index contributed by atoms with van der Waals surface area (Å²) in [6.45, 7) is 2.18. The summed E-state index contributed by atoms with van der Waals surface area (Å²) >= 11 is 0. The molecule has 1 amide bonds. The zero-order valence-electron chi connectivity index (χ0n) is 15.7. The van der Waals surface area contributed by atoms with Crippen LogP contribution in [-0.4, -0.2) is 26.9 Å². The topological polar surface area (TPSA) is 59.8 Å². The van der Waals surface area contributed by atoms with Gasteiger partial charge in [0.25, 0.3) is 0 Å². The molecule has 0 saturated heterocycles. The third kappa shape index (κ3) is 3.78. The van der Waals surface area contributed by atoms with Gasteiger partial charge in [-0.05, 0) is 30.2 Å². The van der Waals surface area contributed by atoms with Crippen molar-refractivity contribution in [2.75, 3.05) is 0 Å². The van der Waals surface area contributed by atoms with E-state index in [0.29, 0.717) is 0 Å². The Labute approximate surface area is 164 Å². The van der Waals surface area contributed by atoms with Crippen molar-refractivity contribution in [2.24, 2.45) is 0 Å². The van der Waals surface area contributed by atoms with Crippen LogP contribution in [0.2, 0.25) is 0 Å². The predicted octanol–water partition coefficient (Wildman–Crippen LogP) is 3.77. The number of carbonyl (C=O) groups is 1. The molecule has 0 aliphatic heterocycles. The molecular formula is C23H22N4O. The molecule has 1 aromatic heterocycles. The number of hydrogen-bond donors (Lipinski definition) is 1. The SMILES string of the molecule is CC(NC(=O)Cn1nnc2ccccc21)C(c1ccccc1)c1ccccc1. The maximum absolute atomic E-state index is 12.7. The fourth-order valence-electron chi connectivity index (χ4n) is 3.64. The van der Waals surface area contributed by atoms with Gasteiger partial charge in [-0.25, -0.2) is 4.68 Å². The van der Waals surface area contributed by atoms with E-state index < -0.39 is 0 Å². The number of para-hydroxylation sites is 1. The number of benzene rings is 3. The lowest BCUT2D eigenvalue weighted by Crippen LogP contribution is -2.39. The second kappa shape index (κ2) is 8.05. The monoisotopic (exact) mass is 370 g/mol. The van der Waals surface area contributed by atoms with E-state index in [4.69, 9.17) is 0 Å². The van der Waals surface area contributed by atoms with Crippen molar-refractivity contribution in [3.8, 4) is 0 Å². The number of fused-ring (bicyclic) bond motifs is 1. The van der Waals surface area contributed by atoms with Crippen LogP contribution in [0.1, 0.15) is 24.0 Å². The number of rotatable bonds is 6. The number of nitrogens with one attached hydrogen (secondary N) is 1. The standard InChI is InChI=1S/C23H22N4O/c1-17(23(18-10-4-2-5-11-18)19-12-6-3-7-13-19)24-22(28)16-27-21-15-9-8-14-20(21)25-26-27/h2-15,17,23H,16H2,1H3,(H,24,28). The maximum Gasteiger partial charge on any atom is 0.242 e. The summed E-state index contributed by atoms with van der Waals surface area (Å²) in [5, 5.41) is 11.4. The first-order valence-electron chi connectivity index (χ1n) is 9.40.